The van der Waals surface area contributed by atoms with Gasteiger partial charge in [-0.05, 0) is 71.0 Å². The molecule has 1 aliphatic carbocycles. The summed E-state index contributed by atoms with van der Waals surface area (Å²) >= 11 is 0. The maximum Gasteiger partial charge on any atom is 0.337 e. The van der Waals surface area contributed by atoms with Gasteiger partial charge in [0.05, 0.1) is 12.7 Å². The van der Waals surface area contributed by atoms with Crippen molar-refractivity contribution in [1.29, 1.82) is 0 Å². The average Bonchev–Trinajstić information content (AvgIpc) is 2.79. The van der Waals surface area contributed by atoms with E-state index in [1.165, 1.54) is 13.2 Å². The zero-order chi connectivity index (χ0) is 22.9. The Morgan fingerprint density at radius 3 is 2.31 bits per heavy atom. The predicted octanol–water partition coefficient (Wildman–Crippen LogP) is 5.98. The molecule has 0 bridgehead atoms. The Hall–Kier alpha value is -3.73. The van der Waals surface area contributed by atoms with E-state index in [1.807, 2.05) is 24.3 Å². The molecule has 0 aliphatic heterocycles. The third kappa shape index (κ3) is 4.06. The second-order valence-electron chi connectivity index (χ2n) is 8.47. The molecule has 3 aromatic rings. The van der Waals surface area contributed by atoms with E-state index in [1.54, 1.807) is 42.5 Å². The zero-order valence-corrected chi connectivity index (χ0v) is 18.2. The number of anilines is 1. The Labute approximate surface area is 186 Å². The lowest BCUT2D eigenvalue weighted by Crippen LogP contribution is -2.23. The number of ether oxygens (including phenoxy) is 1. The van der Waals surface area contributed by atoms with E-state index in [-0.39, 0.29) is 17.1 Å². The monoisotopic (exact) mass is 429 g/mol. The van der Waals surface area contributed by atoms with Gasteiger partial charge in [0.15, 0.2) is 0 Å². The van der Waals surface area contributed by atoms with Crippen LogP contribution in [0.15, 0.2) is 72.8 Å². The maximum absolute atomic E-state index is 14.6. The normalized spacial score (nSPS) is 14.2. The molecule has 0 atom stereocenters. The molecule has 5 heteroatoms. The molecule has 1 amide bonds. The van der Waals surface area contributed by atoms with Gasteiger partial charge in [0, 0.05) is 16.8 Å². The lowest BCUT2D eigenvalue weighted by molar-refractivity contribution is 0.0600. The number of esters is 1. The molecule has 0 fully saturated rings. The van der Waals surface area contributed by atoms with Gasteiger partial charge in [-0.15, -0.1) is 0 Å². The van der Waals surface area contributed by atoms with Crippen LogP contribution in [-0.2, 0) is 10.2 Å². The first-order chi connectivity index (χ1) is 15.3. The van der Waals surface area contributed by atoms with Crippen LogP contribution < -0.4 is 5.32 Å². The molecule has 4 rings (SSSR count). The van der Waals surface area contributed by atoms with Crippen LogP contribution in [0.5, 0.6) is 0 Å². The van der Waals surface area contributed by atoms with Crippen molar-refractivity contribution in [2.75, 3.05) is 12.4 Å². The fraction of sp³-hybridized carbons (Fsp3) is 0.185. The highest BCUT2D eigenvalue weighted by Gasteiger charge is 2.30. The van der Waals surface area contributed by atoms with E-state index in [9.17, 15) is 14.0 Å². The van der Waals surface area contributed by atoms with E-state index in [2.05, 4.69) is 19.2 Å². The summed E-state index contributed by atoms with van der Waals surface area (Å²) in [6.07, 6.45) is 2.83. The highest BCUT2D eigenvalue weighted by molar-refractivity contribution is 6.05. The van der Waals surface area contributed by atoms with Gasteiger partial charge in [0.1, 0.15) is 5.82 Å². The van der Waals surface area contributed by atoms with Gasteiger partial charge in [0.2, 0.25) is 0 Å². The number of rotatable bonds is 4. The summed E-state index contributed by atoms with van der Waals surface area (Å²) in [6, 6.07) is 18.8. The lowest BCUT2D eigenvalue weighted by Gasteiger charge is -2.32. The lowest BCUT2D eigenvalue weighted by atomic mass is 9.72. The fourth-order valence-electron chi connectivity index (χ4n) is 4.02. The summed E-state index contributed by atoms with van der Waals surface area (Å²) in [4.78, 5) is 24.5. The van der Waals surface area contributed by atoms with Crippen LogP contribution in [0, 0.1) is 5.82 Å². The third-order valence-corrected chi connectivity index (χ3v) is 5.85. The first-order valence-electron chi connectivity index (χ1n) is 10.4. The van der Waals surface area contributed by atoms with Gasteiger partial charge in [-0.2, -0.15) is 0 Å². The van der Waals surface area contributed by atoms with E-state index in [0.717, 1.165) is 23.1 Å². The Kier molecular flexibility index (Phi) is 5.66. The quantitative estimate of drug-likeness (QED) is 0.519. The Bertz CT molecular complexity index is 1230. The molecule has 0 saturated heterocycles. The predicted molar refractivity (Wildman–Crippen MR) is 123 cm³/mol. The first-order valence-corrected chi connectivity index (χ1v) is 10.4. The highest BCUT2D eigenvalue weighted by atomic mass is 19.1. The summed E-state index contributed by atoms with van der Waals surface area (Å²) in [7, 11) is 1.32. The van der Waals surface area contributed by atoms with Gasteiger partial charge in [-0.3, -0.25) is 4.79 Å². The molecule has 0 saturated carbocycles. The number of nitrogens with one attached hydrogen (secondary N) is 1. The summed E-state index contributed by atoms with van der Waals surface area (Å²) < 4.78 is 19.3. The van der Waals surface area contributed by atoms with Crippen LogP contribution >= 0.6 is 0 Å². The molecule has 0 heterocycles. The topological polar surface area (TPSA) is 55.4 Å². The van der Waals surface area contributed by atoms with Crippen LogP contribution in [-0.4, -0.2) is 19.0 Å². The SMILES string of the molecule is COC(=O)c1ccc(NC(=O)c2ccc3c(c2)C(c2ccccc2F)=CCC3(C)C)cc1. The van der Waals surface area contributed by atoms with E-state index in [4.69, 9.17) is 4.74 Å². The number of hydrogen-bond donors (Lipinski definition) is 1. The Balaban J connectivity index is 1.67. The van der Waals surface area contributed by atoms with Crippen LogP contribution in [0.4, 0.5) is 10.1 Å². The summed E-state index contributed by atoms with van der Waals surface area (Å²) in [5.74, 6) is -1.01. The number of methoxy groups -OCH3 is 1. The molecule has 0 spiro atoms. The van der Waals surface area contributed by atoms with E-state index >= 15 is 0 Å². The third-order valence-electron chi connectivity index (χ3n) is 5.85. The minimum atomic E-state index is -0.437. The minimum absolute atomic E-state index is 0.122. The molecule has 32 heavy (non-hydrogen) atoms. The number of fused-ring (bicyclic) bond motifs is 1. The molecule has 0 radical (unpaired) electrons. The van der Waals surface area contributed by atoms with Crippen LogP contribution in [0.3, 0.4) is 0 Å². The summed E-state index contributed by atoms with van der Waals surface area (Å²) in [6.45, 7) is 4.28. The number of halogens is 1. The van der Waals surface area contributed by atoms with Crippen LogP contribution in [0.2, 0.25) is 0 Å². The largest absolute Gasteiger partial charge is 0.465 e. The number of benzene rings is 3. The van der Waals surface area contributed by atoms with Gasteiger partial charge in [-0.25, -0.2) is 9.18 Å². The van der Waals surface area contributed by atoms with Crippen molar-refractivity contribution >= 4 is 23.1 Å². The van der Waals surface area contributed by atoms with Crippen molar-refractivity contribution in [3.05, 3.63) is 106 Å². The molecule has 162 valence electrons. The number of carbonyl (C=O) groups is 2. The molecular weight excluding hydrogens is 405 g/mol. The number of allylic oxidation sites excluding steroid dienone is 1. The highest BCUT2D eigenvalue weighted by Crippen LogP contribution is 2.42. The molecular formula is C27H24FNO3. The average molecular weight is 429 g/mol. The van der Waals surface area contributed by atoms with Crippen molar-refractivity contribution in [1.82, 2.24) is 0 Å². The smallest absolute Gasteiger partial charge is 0.337 e. The molecule has 3 aromatic carbocycles. The van der Waals surface area contributed by atoms with Crippen molar-refractivity contribution in [3.8, 4) is 0 Å². The van der Waals surface area contributed by atoms with Crippen molar-refractivity contribution in [2.45, 2.75) is 25.7 Å². The van der Waals surface area contributed by atoms with Crippen molar-refractivity contribution in [3.63, 3.8) is 0 Å². The molecule has 1 N–H and O–H groups in total. The first kappa shape index (κ1) is 21.5. The van der Waals surface area contributed by atoms with Crippen molar-refractivity contribution in [2.24, 2.45) is 0 Å². The molecule has 1 aliphatic rings. The molecule has 0 unspecified atom stereocenters. The van der Waals surface area contributed by atoms with Crippen LogP contribution in [0.25, 0.3) is 5.57 Å². The zero-order valence-electron chi connectivity index (χ0n) is 18.2. The van der Waals surface area contributed by atoms with Gasteiger partial charge in [-0.1, -0.05) is 44.2 Å². The summed E-state index contributed by atoms with van der Waals surface area (Å²) in [5, 5.41) is 2.85. The van der Waals surface area contributed by atoms with Gasteiger partial charge < -0.3 is 10.1 Å². The van der Waals surface area contributed by atoms with Gasteiger partial charge >= 0.3 is 5.97 Å². The van der Waals surface area contributed by atoms with Crippen molar-refractivity contribution < 1.29 is 18.7 Å². The standard InChI is InChI=1S/C27H24FNO3/c1-27(2)15-14-20(21-6-4-5-7-24(21)28)22-16-18(10-13-23(22)27)25(30)29-19-11-8-17(9-12-19)26(31)32-3/h4-14,16H,15H2,1-3H3,(H,29,30). The molecule has 4 nitrogen and oxygen atoms in total. The fourth-order valence-corrected chi connectivity index (χ4v) is 4.02. The second-order valence-corrected chi connectivity index (χ2v) is 8.47. The van der Waals surface area contributed by atoms with E-state index < -0.39 is 5.97 Å². The van der Waals surface area contributed by atoms with E-state index in [0.29, 0.717) is 22.4 Å². The summed E-state index contributed by atoms with van der Waals surface area (Å²) in [5.41, 5.74) is 4.59. The maximum atomic E-state index is 14.6. The molecule has 0 aromatic heterocycles. The number of hydrogen-bond acceptors (Lipinski definition) is 3. The Morgan fingerprint density at radius 1 is 0.938 bits per heavy atom. The minimum Gasteiger partial charge on any atom is -0.465 e. The number of carbonyl (C=O) groups excluding carboxylic acids is 2. The van der Waals surface area contributed by atoms with Crippen LogP contribution in [0.1, 0.15) is 57.7 Å². The second kappa shape index (κ2) is 8.42. The number of amides is 1. The Morgan fingerprint density at radius 2 is 1.62 bits per heavy atom. The van der Waals surface area contributed by atoms with Gasteiger partial charge in [0.25, 0.3) is 5.91 Å².